The summed E-state index contributed by atoms with van der Waals surface area (Å²) in [4.78, 5) is 12.3. The second-order valence-corrected chi connectivity index (χ2v) is 5.47. The molecule has 4 nitrogen and oxygen atoms in total. The highest BCUT2D eigenvalue weighted by atomic mass is 35.5. The minimum absolute atomic E-state index is 0. The number of carbonyl (C=O) groups excluding carboxylic acids is 1. The summed E-state index contributed by atoms with van der Waals surface area (Å²) in [6.45, 7) is 2.55. The maximum absolute atomic E-state index is 12.3. The largest absolute Gasteiger partial charge is 0.497 e. The monoisotopic (exact) mass is 296 g/mol. The minimum atomic E-state index is -0.257. The molecule has 2 heterocycles. The van der Waals surface area contributed by atoms with Gasteiger partial charge in [-0.1, -0.05) is 12.1 Å². The van der Waals surface area contributed by atoms with Crippen LogP contribution in [0.4, 0.5) is 0 Å². The van der Waals surface area contributed by atoms with Crippen LogP contribution < -0.4 is 15.4 Å². The van der Waals surface area contributed by atoms with Crippen molar-refractivity contribution in [2.45, 2.75) is 18.8 Å². The van der Waals surface area contributed by atoms with E-state index in [0.717, 1.165) is 38.2 Å². The van der Waals surface area contributed by atoms with Crippen molar-refractivity contribution >= 4 is 18.3 Å². The van der Waals surface area contributed by atoms with Crippen LogP contribution in [0.5, 0.6) is 5.75 Å². The Kier molecular flexibility index (Phi) is 4.55. The molecule has 0 radical (unpaired) electrons. The van der Waals surface area contributed by atoms with E-state index in [-0.39, 0.29) is 29.6 Å². The first-order chi connectivity index (χ1) is 9.26. The smallest absolute Gasteiger partial charge is 0.228 e. The third-order valence-corrected chi connectivity index (χ3v) is 4.52. The molecular weight excluding hydrogens is 276 g/mol. The number of piperidine rings is 1. The van der Waals surface area contributed by atoms with Gasteiger partial charge in [0, 0.05) is 19.0 Å². The minimum Gasteiger partial charge on any atom is -0.497 e. The lowest BCUT2D eigenvalue weighted by atomic mass is 9.69. The standard InChI is InChI=1S/C15H20N2O2.ClH/c1-19-12-5-3-11(4-6-12)13-9-17-14(18)15(13)7-2-8-16-10-15;/h3-6,13,16H,2,7-10H2,1H3,(H,17,18);1H. The molecule has 1 amide bonds. The van der Waals surface area contributed by atoms with Crippen LogP contribution in [0.3, 0.4) is 0 Å². The van der Waals surface area contributed by atoms with E-state index >= 15 is 0 Å². The Balaban J connectivity index is 0.00000147. The van der Waals surface area contributed by atoms with Crippen LogP contribution in [0.15, 0.2) is 24.3 Å². The van der Waals surface area contributed by atoms with E-state index in [9.17, 15) is 4.79 Å². The van der Waals surface area contributed by atoms with E-state index in [1.807, 2.05) is 12.1 Å². The zero-order chi connectivity index (χ0) is 13.3. The highest BCUT2D eigenvalue weighted by Crippen LogP contribution is 2.44. The maximum atomic E-state index is 12.3. The van der Waals surface area contributed by atoms with Crippen LogP contribution in [-0.2, 0) is 4.79 Å². The van der Waals surface area contributed by atoms with Gasteiger partial charge in [0.15, 0.2) is 0 Å². The van der Waals surface area contributed by atoms with E-state index in [1.54, 1.807) is 7.11 Å². The summed E-state index contributed by atoms with van der Waals surface area (Å²) in [6, 6.07) is 8.12. The molecule has 0 aromatic heterocycles. The van der Waals surface area contributed by atoms with Gasteiger partial charge in [-0.3, -0.25) is 4.79 Å². The molecule has 1 aromatic carbocycles. The highest BCUT2D eigenvalue weighted by Gasteiger charge is 2.50. The average Bonchev–Trinajstić information content (AvgIpc) is 2.77. The first-order valence-electron chi connectivity index (χ1n) is 6.89. The van der Waals surface area contributed by atoms with E-state index in [0.29, 0.717) is 0 Å². The summed E-state index contributed by atoms with van der Waals surface area (Å²) in [6.07, 6.45) is 2.04. The van der Waals surface area contributed by atoms with E-state index in [1.165, 1.54) is 5.56 Å². The number of rotatable bonds is 2. The Morgan fingerprint density at radius 2 is 2.05 bits per heavy atom. The third kappa shape index (κ3) is 2.38. The van der Waals surface area contributed by atoms with Gasteiger partial charge in [-0.05, 0) is 37.1 Å². The molecule has 2 atom stereocenters. The Morgan fingerprint density at radius 1 is 1.30 bits per heavy atom. The fourth-order valence-corrected chi connectivity index (χ4v) is 3.42. The number of hydrogen-bond donors (Lipinski definition) is 2. The number of carbonyl (C=O) groups is 1. The summed E-state index contributed by atoms with van der Waals surface area (Å²) >= 11 is 0. The van der Waals surface area contributed by atoms with Crippen LogP contribution in [0.1, 0.15) is 24.3 Å². The number of methoxy groups -OCH3 is 1. The fraction of sp³-hybridized carbons (Fsp3) is 0.533. The summed E-state index contributed by atoms with van der Waals surface area (Å²) in [5.41, 5.74) is 0.968. The van der Waals surface area contributed by atoms with Gasteiger partial charge in [-0.25, -0.2) is 0 Å². The van der Waals surface area contributed by atoms with Crippen LogP contribution in [0, 0.1) is 5.41 Å². The highest BCUT2D eigenvalue weighted by molar-refractivity contribution is 5.87. The lowest BCUT2D eigenvalue weighted by molar-refractivity contribution is -0.129. The van der Waals surface area contributed by atoms with E-state index in [4.69, 9.17) is 4.74 Å². The van der Waals surface area contributed by atoms with Crippen LogP contribution in [-0.4, -0.2) is 32.7 Å². The number of hydrogen-bond acceptors (Lipinski definition) is 3. The van der Waals surface area contributed by atoms with Gasteiger partial charge in [0.25, 0.3) is 0 Å². The fourth-order valence-electron chi connectivity index (χ4n) is 3.42. The van der Waals surface area contributed by atoms with Gasteiger partial charge in [-0.2, -0.15) is 0 Å². The molecule has 2 fully saturated rings. The first-order valence-corrected chi connectivity index (χ1v) is 6.89. The number of halogens is 1. The molecular formula is C15H21ClN2O2. The number of benzene rings is 1. The van der Waals surface area contributed by atoms with Gasteiger partial charge in [-0.15, -0.1) is 12.4 Å². The molecule has 0 aliphatic carbocycles. The second-order valence-electron chi connectivity index (χ2n) is 5.47. The molecule has 110 valence electrons. The van der Waals surface area contributed by atoms with Gasteiger partial charge in [0.2, 0.25) is 5.91 Å². The summed E-state index contributed by atoms with van der Waals surface area (Å²) in [5, 5.41) is 6.43. The molecule has 5 heteroatoms. The Labute approximate surface area is 125 Å². The van der Waals surface area contributed by atoms with Crippen molar-refractivity contribution in [2.24, 2.45) is 5.41 Å². The van der Waals surface area contributed by atoms with E-state index in [2.05, 4.69) is 22.8 Å². The number of ether oxygens (including phenoxy) is 1. The van der Waals surface area contributed by atoms with Crippen molar-refractivity contribution < 1.29 is 9.53 Å². The molecule has 1 spiro atoms. The van der Waals surface area contributed by atoms with Crippen LogP contribution >= 0.6 is 12.4 Å². The Hall–Kier alpha value is -1.26. The molecule has 3 rings (SSSR count). The topological polar surface area (TPSA) is 50.4 Å². The summed E-state index contributed by atoms with van der Waals surface area (Å²) in [5.74, 6) is 1.33. The molecule has 2 saturated heterocycles. The van der Waals surface area contributed by atoms with Crippen molar-refractivity contribution in [3.05, 3.63) is 29.8 Å². The molecule has 20 heavy (non-hydrogen) atoms. The zero-order valence-electron chi connectivity index (χ0n) is 11.6. The van der Waals surface area contributed by atoms with Gasteiger partial charge < -0.3 is 15.4 Å². The van der Waals surface area contributed by atoms with Crippen LogP contribution in [0.2, 0.25) is 0 Å². The van der Waals surface area contributed by atoms with Crippen molar-refractivity contribution in [1.29, 1.82) is 0 Å². The SMILES string of the molecule is COc1ccc(C2CNC(=O)C23CCCNC3)cc1.Cl. The molecule has 2 unspecified atom stereocenters. The Bertz CT molecular complexity index is 469. The van der Waals surface area contributed by atoms with Crippen molar-refractivity contribution in [3.63, 3.8) is 0 Å². The van der Waals surface area contributed by atoms with Gasteiger partial charge in [0.1, 0.15) is 5.75 Å². The molecule has 2 aliphatic rings. The average molecular weight is 297 g/mol. The third-order valence-electron chi connectivity index (χ3n) is 4.52. The predicted octanol–water partition coefficient (Wildman–Crippen LogP) is 1.70. The van der Waals surface area contributed by atoms with Gasteiger partial charge >= 0.3 is 0 Å². The maximum Gasteiger partial charge on any atom is 0.228 e. The quantitative estimate of drug-likeness (QED) is 0.873. The molecule has 1 aromatic rings. The Morgan fingerprint density at radius 3 is 2.65 bits per heavy atom. The lowest BCUT2D eigenvalue weighted by Crippen LogP contribution is -2.47. The second kappa shape index (κ2) is 6.02. The number of amides is 1. The molecule has 2 N–H and O–H groups in total. The number of nitrogens with one attached hydrogen (secondary N) is 2. The zero-order valence-corrected chi connectivity index (χ0v) is 12.5. The normalized spacial score (nSPS) is 28.9. The van der Waals surface area contributed by atoms with Crippen molar-refractivity contribution in [2.75, 3.05) is 26.7 Å². The first kappa shape index (κ1) is 15.1. The summed E-state index contributed by atoms with van der Waals surface area (Å²) in [7, 11) is 1.67. The van der Waals surface area contributed by atoms with E-state index < -0.39 is 0 Å². The van der Waals surface area contributed by atoms with Crippen molar-refractivity contribution in [1.82, 2.24) is 10.6 Å². The molecule has 0 bridgehead atoms. The van der Waals surface area contributed by atoms with Gasteiger partial charge in [0.05, 0.1) is 12.5 Å². The lowest BCUT2D eigenvalue weighted by Gasteiger charge is -2.36. The van der Waals surface area contributed by atoms with Crippen LogP contribution in [0.25, 0.3) is 0 Å². The molecule has 0 saturated carbocycles. The summed E-state index contributed by atoms with van der Waals surface area (Å²) < 4.78 is 5.20. The molecule has 2 aliphatic heterocycles. The predicted molar refractivity (Wildman–Crippen MR) is 80.5 cm³/mol. The van der Waals surface area contributed by atoms with Crippen molar-refractivity contribution in [3.8, 4) is 5.75 Å².